The standard InChI is InChI=1S/C24H23ClN2O3/c1-2-14-29-22-12-8-20(9-13-22)24(28)27-26-16-18-6-10-23(11-7-18)30-17-19-4-3-5-21(25)15-19/h3-13,15-16H,2,14,17H2,1H3,(H,27,28)/b26-16+. The summed E-state index contributed by atoms with van der Waals surface area (Å²) in [5, 5.41) is 4.70. The van der Waals surface area contributed by atoms with E-state index in [9.17, 15) is 4.79 Å². The second kappa shape index (κ2) is 11.0. The first-order valence-corrected chi connectivity index (χ1v) is 10.1. The van der Waals surface area contributed by atoms with Gasteiger partial charge in [0.05, 0.1) is 12.8 Å². The third-order valence-corrected chi connectivity index (χ3v) is 4.38. The maximum absolute atomic E-state index is 12.2. The molecule has 154 valence electrons. The van der Waals surface area contributed by atoms with E-state index in [1.54, 1.807) is 30.5 Å². The Morgan fingerprint density at radius 2 is 1.70 bits per heavy atom. The Kier molecular flexibility index (Phi) is 7.86. The molecule has 0 saturated carbocycles. The largest absolute Gasteiger partial charge is 0.494 e. The zero-order valence-electron chi connectivity index (χ0n) is 16.7. The van der Waals surface area contributed by atoms with Crippen LogP contribution in [0, 0.1) is 0 Å². The van der Waals surface area contributed by atoms with Gasteiger partial charge in [-0.1, -0.05) is 30.7 Å². The molecule has 0 spiro atoms. The van der Waals surface area contributed by atoms with Gasteiger partial charge in [-0.15, -0.1) is 0 Å². The average molecular weight is 423 g/mol. The molecule has 0 atom stereocenters. The fourth-order valence-electron chi connectivity index (χ4n) is 2.60. The van der Waals surface area contributed by atoms with E-state index in [1.165, 1.54) is 0 Å². The number of ether oxygens (including phenoxy) is 2. The first-order valence-electron chi connectivity index (χ1n) is 9.67. The van der Waals surface area contributed by atoms with E-state index >= 15 is 0 Å². The molecule has 6 heteroatoms. The minimum Gasteiger partial charge on any atom is -0.494 e. The highest BCUT2D eigenvalue weighted by Gasteiger charge is 2.04. The molecule has 1 N–H and O–H groups in total. The van der Waals surface area contributed by atoms with Gasteiger partial charge >= 0.3 is 0 Å². The Morgan fingerprint density at radius 3 is 2.40 bits per heavy atom. The van der Waals surface area contributed by atoms with Crippen molar-refractivity contribution in [1.82, 2.24) is 5.43 Å². The average Bonchev–Trinajstić information content (AvgIpc) is 2.77. The Hall–Kier alpha value is -3.31. The van der Waals surface area contributed by atoms with Crippen molar-refractivity contribution in [2.24, 2.45) is 5.10 Å². The molecule has 3 aromatic carbocycles. The number of halogens is 1. The van der Waals surface area contributed by atoms with Crippen LogP contribution >= 0.6 is 11.6 Å². The minimum absolute atomic E-state index is 0.283. The quantitative estimate of drug-likeness (QED) is 0.367. The summed E-state index contributed by atoms with van der Waals surface area (Å²) in [6.45, 7) is 3.13. The van der Waals surface area contributed by atoms with Crippen LogP contribution in [0.1, 0.15) is 34.8 Å². The summed E-state index contributed by atoms with van der Waals surface area (Å²) in [4.78, 5) is 12.2. The van der Waals surface area contributed by atoms with Crippen molar-refractivity contribution in [2.45, 2.75) is 20.0 Å². The van der Waals surface area contributed by atoms with Gasteiger partial charge in [0.25, 0.3) is 5.91 Å². The normalized spacial score (nSPS) is 10.7. The van der Waals surface area contributed by atoms with Gasteiger partial charge in [-0.25, -0.2) is 5.43 Å². The van der Waals surface area contributed by atoms with Gasteiger partial charge in [0.15, 0.2) is 0 Å². The van der Waals surface area contributed by atoms with Crippen molar-refractivity contribution in [3.8, 4) is 11.5 Å². The number of hydrazone groups is 1. The van der Waals surface area contributed by atoms with Crippen molar-refractivity contribution in [1.29, 1.82) is 0 Å². The molecule has 0 aromatic heterocycles. The lowest BCUT2D eigenvalue weighted by atomic mass is 10.2. The van der Waals surface area contributed by atoms with Crippen LogP contribution in [0.4, 0.5) is 0 Å². The summed E-state index contributed by atoms with van der Waals surface area (Å²) in [5.74, 6) is 1.20. The van der Waals surface area contributed by atoms with Gasteiger partial charge in [0, 0.05) is 10.6 Å². The number of amides is 1. The highest BCUT2D eigenvalue weighted by molar-refractivity contribution is 6.30. The number of hydrogen-bond acceptors (Lipinski definition) is 4. The summed E-state index contributed by atoms with van der Waals surface area (Å²) in [7, 11) is 0. The number of benzene rings is 3. The number of rotatable bonds is 9. The maximum Gasteiger partial charge on any atom is 0.271 e. The predicted molar refractivity (Wildman–Crippen MR) is 120 cm³/mol. The van der Waals surface area contributed by atoms with E-state index < -0.39 is 0 Å². The van der Waals surface area contributed by atoms with Gasteiger partial charge in [-0.3, -0.25) is 4.79 Å². The van der Waals surface area contributed by atoms with Crippen molar-refractivity contribution in [3.05, 3.63) is 94.5 Å². The number of nitrogens with zero attached hydrogens (tertiary/aromatic N) is 1. The third kappa shape index (κ3) is 6.64. The molecule has 0 radical (unpaired) electrons. The molecule has 1 amide bonds. The van der Waals surface area contributed by atoms with E-state index in [1.807, 2.05) is 55.5 Å². The van der Waals surface area contributed by atoms with Crippen LogP contribution in [-0.2, 0) is 6.61 Å². The molecular formula is C24H23ClN2O3. The van der Waals surface area contributed by atoms with E-state index in [0.717, 1.165) is 29.0 Å². The third-order valence-electron chi connectivity index (χ3n) is 4.14. The fraction of sp³-hybridized carbons (Fsp3) is 0.167. The summed E-state index contributed by atoms with van der Waals surface area (Å²) in [5.41, 5.74) is 4.88. The van der Waals surface area contributed by atoms with Crippen molar-refractivity contribution < 1.29 is 14.3 Å². The molecule has 30 heavy (non-hydrogen) atoms. The molecule has 0 aliphatic carbocycles. The topological polar surface area (TPSA) is 59.9 Å². The van der Waals surface area contributed by atoms with Crippen LogP contribution < -0.4 is 14.9 Å². The zero-order chi connectivity index (χ0) is 21.2. The Labute approximate surface area is 181 Å². The van der Waals surface area contributed by atoms with Crippen LogP contribution in [0.2, 0.25) is 5.02 Å². The molecule has 0 fully saturated rings. The lowest BCUT2D eigenvalue weighted by molar-refractivity contribution is 0.0955. The van der Waals surface area contributed by atoms with Crippen LogP contribution in [0.3, 0.4) is 0 Å². The van der Waals surface area contributed by atoms with Crippen LogP contribution in [0.15, 0.2) is 77.9 Å². The SMILES string of the molecule is CCCOc1ccc(C(=O)N/N=C/c2ccc(OCc3cccc(Cl)c3)cc2)cc1. The summed E-state index contributed by atoms with van der Waals surface area (Å²) in [6.07, 6.45) is 2.52. The van der Waals surface area contributed by atoms with Gasteiger partial charge in [0.2, 0.25) is 0 Å². The fourth-order valence-corrected chi connectivity index (χ4v) is 2.81. The molecule has 0 unspecified atom stereocenters. The second-order valence-corrected chi connectivity index (χ2v) is 7.00. The number of nitrogens with one attached hydrogen (secondary N) is 1. The van der Waals surface area contributed by atoms with Gasteiger partial charge in [-0.05, 0) is 78.2 Å². The molecule has 0 aliphatic rings. The molecule has 0 saturated heterocycles. The van der Waals surface area contributed by atoms with Crippen LogP contribution in [0.25, 0.3) is 0 Å². The smallest absolute Gasteiger partial charge is 0.271 e. The van der Waals surface area contributed by atoms with E-state index in [-0.39, 0.29) is 5.91 Å². The van der Waals surface area contributed by atoms with Crippen molar-refractivity contribution in [3.63, 3.8) is 0 Å². The van der Waals surface area contributed by atoms with E-state index in [0.29, 0.717) is 23.8 Å². The molecule has 3 rings (SSSR count). The highest BCUT2D eigenvalue weighted by Crippen LogP contribution is 2.16. The van der Waals surface area contributed by atoms with Gasteiger partial charge < -0.3 is 9.47 Å². The van der Waals surface area contributed by atoms with Gasteiger partial charge in [-0.2, -0.15) is 5.10 Å². The number of hydrogen-bond donors (Lipinski definition) is 1. The lowest BCUT2D eigenvalue weighted by Gasteiger charge is -2.07. The summed E-state index contributed by atoms with van der Waals surface area (Å²) >= 11 is 5.98. The van der Waals surface area contributed by atoms with Crippen LogP contribution in [-0.4, -0.2) is 18.7 Å². The van der Waals surface area contributed by atoms with Crippen LogP contribution in [0.5, 0.6) is 11.5 Å². The molecule has 3 aromatic rings. The second-order valence-electron chi connectivity index (χ2n) is 6.56. The Morgan fingerprint density at radius 1 is 1.00 bits per heavy atom. The first kappa shape index (κ1) is 21.4. The highest BCUT2D eigenvalue weighted by atomic mass is 35.5. The van der Waals surface area contributed by atoms with Gasteiger partial charge in [0.1, 0.15) is 18.1 Å². The van der Waals surface area contributed by atoms with E-state index in [4.69, 9.17) is 21.1 Å². The minimum atomic E-state index is -0.283. The monoisotopic (exact) mass is 422 g/mol. The molecule has 0 heterocycles. The van der Waals surface area contributed by atoms with Crippen molar-refractivity contribution >= 4 is 23.7 Å². The van der Waals surface area contributed by atoms with E-state index in [2.05, 4.69) is 10.5 Å². The molecular weight excluding hydrogens is 400 g/mol. The maximum atomic E-state index is 12.2. The predicted octanol–water partition coefficient (Wildman–Crippen LogP) is 5.47. The van der Waals surface area contributed by atoms with Crippen molar-refractivity contribution in [2.75, 3.05) is 6.61 Å². The summed E-state index contributed by atoms with van der Waals surface area (Å²) in [6, 6.07) is 21.9. The number of carbonyl (C=O) groups excluding carboxylic acids is 1. The molecule has 0 bridgehead atoms. The number of carbonyl (C=O) groups is 1. The summed E-state index contributed by atoms with van der Waals surface area (Å²) < 4.78 is 11.3. The zero-order valence-corrected chi connectivity index (χ0v) is 17.4. The first-order chi connectivity index (χ1) is 14.6. The Balaban J connectivity index is 1.48. The lowest BCUT2D eigenvalue weighted by Crippen LogP contribution is -2.17. The Bertz CT molecular complexity index is 986. The molecule has 5 nitrogen and oxygen atoms in total. The molecule has 0 aliphatic heterocycles.